The summed E-state index contributed by atoms with van der Waals surface area (Å²) in [6.07, 6.45) is 1.77. The molecule has 0 aliphatic heterocycles. The minimum absolute atomic E-state index is 0.267. The van der Waals surface area contributed by atoms with E-state index in [0.29, 0.717) is 5.56 Å². The fraction of sp³-hybridized carbons (Fsp3) is 0.429. The molecule has 0 heterocycles. The minimum Gasteiger partial charge on any atom is -0.384 e. The SMILES string of the molecule is CC(C)(C#N)CCCNc1ccccc1C#N. The Morgan fingerprint density at radius 3 is 2.59 bits per heavy atom. The molecular formula is C14H17N3. The normalized spacial score (nSPS) is 10.4. The van der Waals surface area contributed by atoms with E-state index in [1.165, 1.54) is 0 Å². The maximum absolute atomic E-state index is 8.91. The quantitative estimate of drug-likeness (QED) is 0.785. The summed E-state index contributed by atoms with van der Waals surface area (Å²) in [6, 6.07) is 11.9. The van der Waals surface area contributed by atoms with Gasteiger partial charge in [0.2, 0.25) is 0 Å². The summed E-state index contributed by atoms with van der Waals surface area (Å²) in [7, 11) is 0. The molecule has 3 heteroatoms. The Hall–Kier alpha value is -2.00. The van der Waals surface area contributed by atoms with E-state index >= 15 is 0 Å². The molecule has 17 heavy (non-hydrogen) atoms. The highest BCUT2D eigenvalue weighted by atomic mass is 14.9. The van der Waals surface area contributed by atoms with Crippen molar-refractivity contribution >= 4 is 5.69 Å². The molecule has 3 nitrogen and oxygen atoms in total. The Labute approximate surface area is 103 Å². The van der Waals surface area contributed by atoms with Gasteiger partial charge >= 0.3 is 0 Å². The van der Waals surface area contributed by atoms with Crippen molar-refractivity contribution in [3.63, 3.8) is 0 Å². The number of rotatable bonds is 5. The fourth-order valence-corrected chi connectivity index (χ4v) is 1.54. The lowest BCUT2D eigenvalue weighted by atomic mass is 9.90. The molecule has 0 spiro atoms. The van der Waals surface area contributed by atoms with Gasteiger partial charge in [-0.05, 0) is 38.8 Å². The van der Waals surface area contributed by atoms with Crippen molar-refractivity contribution in [1.29, 1.82) is 10.5 Å². The molecule has 1 N–H and O–H groups in total. The van der Waals surface area contributed by atoms with Crippen molar-refractivity contribution in [2.75, 3.05) is 11.9 Å². The van der Waals surface area contributed by atoms with Crippen molar-refractivity contribution in [2.45, 2.75) is 26.7 Å². The molecule has 1 aromatic rings. The van der Waals surface area contributed by atoms with Gasteiger partial charge in [0.05, 0.1) is 22.7 Å². The monoisotopic (exact) mass is 227 g/mol. The molecule has 0 unspecified atom stereocenters. The number of hydrogen-bond acceptors (Lipinski definition) is 3. The van der Waals surface area contributed by atoms with E-state index in [0.717, 1.165) is 25.1 Å². The van der Waals surface area contributed by atoms with Gasteiger partial charge in [0.15, 0.2) is 0 Å². The van der Waals surface area contributed by atoms with Gasteiger partial charge in [-0.1, -0.05) is 12.1 Å². The maximum atomic E-state index is 8.91. The molecule has 0 bridgehead atoms. The average Bonchev–Trinajstić information content (AvgIpc) is 2.35. The molecule has 88 valence electrons. The van der Waals surface area contributed by atoms with Crippen molar-refractivity contribution in [2.24, 2.45) is 5.41 Å². The van der Waals surface area contributed by atoms with Crippen LogP contribution in [0, 0.1) is 28.1 Å². The number of nitrogens with one attached hydrogen (secondary N) is 1. The van der Waals surface area contributed by atoms with Crippen LogP contribution in [0.3, 0.4) is 0 Å². The number of para-hydroxylation sites is 1. The van der Waals surface area contributed by atoms with Crippen LogP contribution < -0.4 is 5.32 Å². The first-order valence-electron chi connectivity index (χ1n) is 5.73. The number of nitrogens with zero attached hydrogens (tertiary/aromatic N) is 2. The molecule has 0 atom stereocenters. The van der Waals surface area contributed by atoms with E-state index in [2.05, 4.69) is 17.5 Å². The molecule has 0 saturated heterocycles. The van der Waals surface area contributed by atoms with Crippen molar-refractivity contribution < 1.29 is 0 Å². The number of hydrogen-bond donors (Lipinski definition) is 1. The lowest BCUT2D eigenvalue weighted by Crippen LogP contribution is -2.11. The number of nitriles is 2. The van der Waals surface area contributed by atoms with E-state index in [4.69, 9.17) is 10.5 Å². The molecule has 1 rings (SSSR count). The zero-order valence-corrected chi connectivity index (χ0v) is 10.3. The zero-order chi connectivity index (χ0) is 12.7. The smallest absolute Gasteiger partial charge is 0.101 e. The van der Waals surface area contributed by atoms with E-state index in [9.17, 15) is 0 Å². The van der Waals surface area contributed by atoms with Gasteiger partial charge in [-0.25, -0.2) is 0 Å². The van der Waals surface area contributed by atoms with Crippen LogP contribution in [-0.2, 0) is 0 Å². The molecule has 0 amide bonds. The van der Waals surface area contributed by atoms with E-state index < -0.39 is 0 Å². The predicted octanol–water partition coefficient (Wildman–Crippen LogP) is 3.30. The summed E-state index contributed by atoms with van der Waals surface area (Å²) in [5.41, 5.74) is 1.26. The van der Waals surface area contributed by atoms with Crippen LogP contribution in [0.15, 0.2) is 24.3 Å². The highest BCUT2D eigenvalue weighted by Gasteiger charge is 2.15. The van der Waals surface area contributed by atoms with Crippen LogP contribution in [-0.4, -0.2) is 6.54 Å². The lowest BCUT2D eigenvalue weighted by Gasteiger charge is -2.15. The van der Waals surface area contributed by atoms with E-state index in [1.807, 2.05) is 32.0 Å². The fourth-order valence-electron chi connectivity index (χ4n) is 1.54. The minimum atomic E-state index is -0.267. The Bertz CT molecular complexity index is 449. The second kappa shape index (κ2) is 5.92. The van der Waals surface area contributed by atoms with Crippen LogP contribution >= 0.6 is 0 Å². The molecule has 0 saturated carbocycles. The third-order valence-corrected chi connectivity index (χ3v) is 2.64. The van der Waals surface area contributed by atoms with Crippen LogP contribution in [0.25, 0.3) is 0 Å². The van der Waals surface area contributed by atoms with Gasteiger partial charge in [0, 0.05) is 6.54 Å². The molecule has 1 aromatic carbocycles. The standard InChI is InChI=1S/C14H17N3/c1-14(2,11-16)8-5-9-17-13-7-4-3-6-12(13)10-15/h3-4,6-7,17H,5,8-9H2,1-2H3. The third kappa shape index (κ3) is 4.17. The van der Waals surface area contributed by atoms with Gasteiger partial charge in [0.25, 0.3) is 0 Å². The average molecular weight is 227 g/mol. The second-order valence-electron chi connectivity index (χ2n) is 4.68. The Morgan fingerprint density at radius 1 is 1.24 bits per heavy atom. The van der Waals surface area contributed by atoms with Crippen LogP contribution in [0.1, 0.15) is 32.3 Å². The number of anilines is 1. The van der Waals surface area contributed by atoms with Crippen LogP contribution in [0.5, 0.6) is 0 Å². The van der Waals surface area contributed by atoms with Crippen molar-refractivity contribution in [1.82, 2.24) is 0 Å². The highest BCUT2D eigenvalue weighted by molar-refractivity contribution is 5.56. The predicted molar refractivity (Wildman–Crippen MR) is 68.3 cm³/mol. The summed E-state index contributed by atoms with van der Waals surface area (Å²) in [4.78, 5) is 0. The van der Waals surface area contributed by atoms with Crippen LogP contribution in [0.4, 0.5) is 5.69 Å². The Morgan fingerprint density at radius 2 is 1.94 bits per heavy atom. The van der Waals surface area contributed by atoms with Crippen LogP contribution in [0.2, 0.25) is 0 Å². The summed E-state index contributed by atoms with van der Waals surface area (Å²) in [5, 5.41) is 21.0. The lowest BCUT2D eigenvalue weighted by molar-refractivity contribution is 0.441. The van der Waals surface area contributed by atoms with Gasteiger partial charge in [-0.3, -0.25) is 0 Å². The molecule has 0 radical (unpaired) electrons. The zero-order valence-electron chi connectivity index (χ0n) is 10.3. The second-order valence-corrected chi connectivity index (χ2v) is 4.68. The Kier molecular flexibility index (Phi) is 4.55. The molecule has 0 aliphatic rings. The summed E-state index contributed by atoms with van der Waals surface area (Å²) < 4.78 is 0. The topological polar surface area (TPSA) is 59.6 Å². The first-order valence-corrected chi connectivity index (χ1v) is 5.73. The molecule has 0 aliphatic carbocycles. The Balaban J connectivity index is 2.43. The van der Waals surface area contributed by atoms with E-state index in [1.54, 1.807) is 6.07 Å². The van der Waals surface area contributed by atoms with Gasteiger partial charge in [0.1, 0.15) is 6.07 Å². The molecule has 0 aromatic heterocycles. The molecular weight excluding hydrogens is 210 g/mol. The molecule has 0 fully saturated rings. The van der Waals surface area contributed by atoms with Crippen molar-refractivity contribution in [3.8, 4) is 12.1 Å². The largest absolute Gasteiger partial charge is 0.384 e. The third-order valence-electron chi connectivity index (χ3n) is 2.64. The first kappa shape index (κ1) is 13.1. The highest BCUT2D eigenvalue weighted by Crippen LogP contribution is 2.21. The summed E-state index contributed by atoms with van der Waals surface area (Å²) in [5.74, 6) is 0. The van der Waals surface area contributed by atoms with Gasteiger partial charge in [-0.2, -0.15) is 10.5 Å². The summed E-state index contributed by atoms with van der Waals surface area (Å²) >= 11 is 0. The first-order chi connectivity index (χ1) is 8.09. The van der Waals surface area contributed by atoms with E-state index in [-0.39, 0.29) is 5.41 Å². The maximum Gasteiger partial charge on any atom is 0.101 e. The summed E-state index contributed by atoms with van der Waals surface area (Å²) in [6.45, 7) is 4.66. The van der Waals surface area contributed by atoms with Gasteiger partial charge in [-0.15, -0.1) is 0 Å². The van der Waals surface area contributed by atoms with Gasteiger partial charge < -0.3 is 5.32 Å². The number of benzene rings is 1. The van der Waals surface area contributed by atoms with Crippen molar-refractivity contribution in [3.05, 3.63) is 29.8 Å².